The minimum absolute atomic E-state index is 0.178. The van der Waals surface area contributed by atoms with Crippen molar-refractivity contribution in [1.82, 2.24) is 13.7 Å². The summed E-state index contributed by atoms with van der Waals surface area (Å²) in [5, 5.41) is 0. The van der Waals surface area contributed by atoms with E-state index in [4.69, 9.17) is 0 Å². The third-order valence-electron chi connectivity index (χ3n) is 2.38. The van der Waals surface area contributed by atoms with Crippen molar-refractivity contribution in [2.75, 3.05) is 0 Å². The first kappa shape index (κ1) is 12.5. The maximum atomic E-state index is 12.2. The van der Waals surface area contributed by atoms with Crippen LogP contribution in [-0.2, 0) is 10.0 Å². The molecule has 2 aliphatic rings. The lowest BCUT2D eigenvalue weighted by Gasteiger charge is -2.21. The maximum Gasteiger partial charge on any atom is 0.242 e. The van der Waals surface area contributed by atoms with Gasteiger partial charge < -0.3 is 4.72 Å². The summed E-state index contributed by atoms with van der Waals surface area (Å²) in [6.45, 7) is 5.47. The molecule has 0 aromatic rings. The van der Waals surface area contributed by atoms with E-state index in [-0.39, 0.29) is 10.9 Å². The van der Waals surface area contributed by atoms with Crippen LogP contribution in [0, 0.1) is 6.92 Å². The normalized spacial score (nSPS) is 20.5. The van der Waals surface area contributed by atoms with Gasteiger partial charge in [-0.3, -0.25) is 4.31 Å². The first-order valence-corrected chi connectivity index (χ1v) is 7.42. The molecule has 2 rings (SSSR count). The summed E-state index contributed by atoms with van der Waals surface area (Å²) in [5.74, 6) is 0. The summed E-state index contributed by atoms with van der Waals surface area (Å²) in [6.07, 6.45) is 7.29. The predicted octanol–water partition coefficient (Wildman–Crippen LogP) is 1.24. The third-order valence-corrected chi connectivity index (χ3v) is 4.76. The first-order valence-electron chi connectivity index (χ1n) is 5.17. The summed E-state index contributed by atoms with van der Waals surface area (Å²) < 4.78 is 31.6. The molecule has 2 heterocycles. The fraction of sp³-hybridized carbons (Fsp3) is 0.300. The van der Waals surface area contributed by atoms with E-state index in [0.29, 0.717) is 12.1 Å². The molecule has 2 N–H and O–H groups in total. The Hall–Kier alpha value is -0.920. The molecule has 1 unspecified atom stereocenters. The average Bonchev–Trinajstić information content (AvgIpc) is 2.75. The second-order valence-corrected chi connectivity index (χ2v) is 6.24. The number of fused-ring (bicyclic) bond motifs is 1. The predicted molar refractivity (Wildman–Crippen MR) is 69.4 cm³/mol. The van der Waals surface area contributed by atoms with Crippen LogP contribution in [0.3, 0.4) is 0 Å². The molecule has 0 aromatic heterocycles. The van der Waals surface area contributed by atoms with Crippen molar-refractivity contribution in [1.29, 1.82) is 0 Å². The monoisotopic (exact) mass is 272 g/mol. The molecule has 0 fully saturated rings. The highest BCUT2D eigenvalue weighted by Crippen LogP contribution is 2.32. The van der Waals surface area contributed by atoms with Gasteiger partial charge in [-0.25, -0.2) is 13.1 Å². The van der Waals surface area contributed by atoms with Crippen LogP contribution in [-0.4, -0.2) is 18.8 Å². The van der Waals surface area contributed by atoms with E-state index in [9.17, 15) is 8.42 Å². The lowest BCUT2D eigenvalue weighted by molar-refractivity contribution is 0.566. The topological polar surface area (TPSA) is 61.4 Å². The van der Waals surface area contributed by atoms with Gasteiger partial charge in [0, 0.05) is 18.4 Å². The van der Waals surface area contributed by atoms with E-state index >= 15 is 0 Å². The Morgan fingerprint density at radius 3 is 3.12 bits per heavy atom. The van der Waals surface area contributed by atoms with Crippen molar-refractivity contribution >= 4 is 22.2 Å². The number of rotatable bonds is 4. The summed E-state index contributed by atoms with van der Waals surface area (Å²) in [6, 6.07) is -0.178. The molecule has 2 aliphatic heterocycles. The molecule has 93 valence electrons. The number of hydrogen-bond acceptors (Lipinski definition) is 5. The maximum absolute atomic E-state index is 12.2. The van der Waals surface area contributed by atoms with Crippen molar-refractivity contribution < 1.29 is 8.42 Å². The zero-order valence-corrected chi connectivity index (χ0v) is 11.0. The van der Waals surface area contributed by atoms with E-state index in [0.717, 1.165) is 0 Å². The summed E-state index contributed by atoms with van der Waals surface area (Å²) in [7, 11) is -3.49. The van der Waals surface area contributed by atoms with Gasteiger partial charge in [0.2, 0.25) is 10.0 Å². The lowest BCUT2D eigenvalue weighted by atomic mass is 10.3. The molecule has 0 saturated carbocycles. The van der Waals surface area contributed by atoms with Crippen molar-refractivity contribution in [2.45, 2.75) is 19.4 Å². The second kappa shape index (κ2) is 4.75. The van der Waals surface area contributed by atoms with E-state index in [2.05, 4.69) is 16.4 Å². The molecule has 0 aliphatic carbocycles. The molecular formula is C10H14N3O2S2. The Morgan fingerprint density at radius 2 is 2.41 bits per heavy atom. The highest BCUT2D eigenvalue weighted by molar-refractivity contribution is 7.96. The zero-order chi connectivity index (χ0) is 12.5. The Kier molecular flexibility index (Phi) is 3.50. The van der Waals surface area contributed by atoms with Gasteiger partial charge in [-0.05, 0) is 25.5 Å². The number of hydrogen-bond donors (Lipinski definition) is 2. The van der Waals surface area contributed by atoms with Crippen LogP contribution in [0.25, 0.3) is 0 Å². The lowest BCUT2D eigenvalue weighted by Crippen LogP contribution is -2.34. The van der Waals surface area contributed by atoms with E-state index < -0.39 is 10.0 Å². The fourth-order valence-corrected chi connectivity index (χ4v) is 3.63. The van der Waals surface area contributed by atoms with Gasteiger partial charge in [0.1, 0.15) is 4.91 Å². The number of allylic oxidation sites excluding steroid dienone is 2. The minimum Gasteiger partial charge on any atom is -0.316 e. The van der Waals surface area contributed by atoms with E-state index in [1.165, 1.54) is 12.1 Å². The summed E-state index contributed by atoms with van der Waals surface area (Å²) in [4.78, 5) is 0.276. The molecule has 7 heteroatoms. The Labute approximate surface area is 106 Å². The molecule has 0 spiro atoms. The van der Waals surface area contributed by atoms with Gasteiger partial charge in [-0.1, -0.05) is 6.92 Å². The molecule has 1 atom stereocenters. The van der Waals surface area contributed by atoms with Crippen LogP contribution < -0.4 is 9.44 Å². The largest absolute Gasteiger partial charge is 0.316 e. The average molecular weight is 272 g/mol. The smallest absolute Gasteiger partial charge is 0.242 e. The highest BCUT2D eigenvalue weighted by Gasteiger charge is 2.29. The molecule has 0 amide bonds. The molecule has 1 radical (unpaired) electrons. The van der Waals surface area contributed by atoms with Gasteiger partial charge in [0.25, 0.3) is 0 Å². The molecule has 17 heavy (non-hydrogen) atoms. The van der Waals surface area contributed by atoms with Crippen LogP contribution in [0.2, 0.25) is 0 Å². The third kappa shape index (κ3) is 2.51. The number of sulfonamides is 1. The highest BCUT2D eigenvalue weighted by atomic mass is 32.2. The van der Waals surface area contributed by atoms with Gasteiger partial charge in [0.15, 0.2) is 0 Å². The second-order valence-electron chi connectivity index (χ2n) is 3.75. The quantitative estimate of drug-likeness (QED) is 0.754. The van der Waals surface area contributed by atoms with Crippen molar-refractivity contribution in [3.8, 4) is 0 Å². The van der Waals surface area contributed by atoms with Gasteiger partial charge >= 0.3 is 0 Å². The van der Waals surface area contributed by atoms with Crippen molar-refractivity contribution in [2.24, 2.45) is 0 Å². The van der Waals surface area contributed by atoms with Crippen LogP contribution in [0.4, 0.5) is 0 Å². The number of nitrogens with one attached hydrogen (secondary N) is 2. The van der Waals surface area contributed by atoms with Crippen LogP contribution in [0.5, 0.6) is 0 Å². The van der Waals surface area contributed by atoms with Crippen molar-refractivity contribution in [3.63, 3.8) is 0 Å². The molecule has 0 saturated heterocycles. The standard InChI is InChI=1S/C10H14N3O2S2/c1-3-8(2)12-17(14,15)10-5-4-6-13-9(10)7-11-16-13/h4-8,11-12H,1,3H2,2H3. The zero-order valence-electron chi connectivity index (χ0n) is 9.38. The number of nitrogens with zero attached hydrogens (tertiary/aromatic N) is 1. The van der Waals surface area contributed by atoms with Crippen molar-refractivity contribution in [3.05, 3.63) is 42.1 Å². The molecule has 0 aromatic carbocycles. The van der Waals surface area contributed by atoms with Crippen LogP contribution in [0.15, 0.2) is 35.2 Å². The summed E-state index contributed by atoms with van der Waals surface area (Å²) >= 11 is 1.33. The fourth-order valence-electron chi connectivity index (χ4n) is 1.45. The first-order chi connectivity index (χ1) is 8.04. The summed E-state index contributed by atoms with van der Waals surface area (Å²) in [5.41, 5.74) is 0.640. The molecule has 5 nitrogen and oxygen atoms in total. The molecular weight excluding hydrogens is 258 g/mol. The van der Waals surface area contributed by atoms with E-state index in [1.807, 2.05) is 0 Å². The van der Waals surface area contributed by atoms with Gasteiger partial charge in [0.05, 0.1) is 17.8 Å². The van der Waals surface area contributed by atoms with Crippen LogP contribution in [0.1, 0.15) is 13.3 Å². The van der Waals surface area contributed by atoms with Crippen LogP contribution >= 0.6 is 12.1 Å². The molecule has 0 bridgehead atoms. The Bertz CT molecular complexity index is 494. The SMILES string of the molecule is [CH2]CC(C)NS(=O)(=O)C1=CC=CN2SNC=C12. The van der Waals surface area contributed by atoms with Gasteiger partial charge in [-0.2, -0.15) is 0 Å². The Balaban J connectivity index is 2.27. The van der Waals surface area contributed by atoms with Gasteiger partial charge in [-0.15, -0.1) is 0 Å². The Morgan fingerprint density at radius 1 is 1.65 bits per heavy atom. The van der Waals surface area contributed by atoms with E-state index in [1.54, 1.807) is 35.8 Å². The minimum atomic E-state index is -3.49.